The second kappa shape index (κ2) is 4.97. The lowest BCUT2D eigenvalue weighted by atomic mass is 10.2. The van der Waals surface area contributed by atoms with E-state index in [4.69, 9.17) is 17.3 Å². The number of nitrogens with zero attached hydrogens (tertiary/aromatic N) is 1. The van der Waals surface area contributed by atoms with Gasteiger partial charge in [0.15, 0.2) is 0 Å². The molecule has 3 nitrogen and oxygen atoms in total. The van der Waals surface area contributed by atoms with Gasteiger partial charge in [0.2, 0.25) is 0 Å². The standard InChI is InChI=1S/C12H9ClF3N3/c13-9-5-7(12(14,15)16)1-2-10(9)19-11-6-8(17)3-4-18-11/h1-6H,(H3,17,18,19). The van der Waals surface area contributed by atoms with Crippen molar-refractivity contribution in [1.82, 2.24) is 4.98 Å². The minimum atomic E-state index is -4.42. The van der Waals surface area contributed by atoms with Crippen molar-refractivity contribution in [2.45, 2.75) is 6.18 Å². The van der Waals surface area contributed by atoms with E-state index >= 15 is 0 Å². The average molecular weight is 288 g/mol. The fourth-order valence-electron chi connectivity index (χ4n) is 1.45. The van der Waals surface area contributed by atoms with E-state index < -0.39 is 11.7 Å². The van der Waals surface area contributed by atoms with Gasteiger partial charge in [0.1, 0.15) is 5.82 Å². The topological polar surface area (TPSA) is 50.9 Å². The molecule has 1 heterocycles. The Balaban J connectivity index is 2.27. The Bertz CT molecular complexity index is 599. The fourth-order valence-corrected chi connectivity index (χ4v) is 1.67. The van der Waals surface area contributed by atoms with Gasteiger partial charge in [-0.05, 0) is 24.3 Å². The highest BCUT2D eigenvalue weighted by Gasteiger charge is 2.30. The van der Waals surface area contributed by atoms with Gasteiger partial charge in [0.25, 0.3) is 0 Å². The number of aromatic nitrogens is 1. The summed E-state index contributed by atoms with van der Waals surface area (Å²) >= 11 is 5.80. The van der Waals surface area contributed by atoms with Crippen LogP contribution in [0.25, 0.3) is 0 Å². The molecule has 0 aliphatic rings. The molecular formula is C12H9ClF3N3. The number of hydrogen-bond donors (Lipinski definition) is 2. The number of nitrogens with one attached hydrogen (secondary N) is 1. The Morgan fingerprint density at radius 1 is 1.16 bits per heavy atom. The predicted molar refractivity (Wildman–Crippen MR) is 68.4 cm³/mol. The van der Waals surface area contributed by atoms with Crippen molar-refractivity contribution in [3.8, 4) is 0 Å². The number of benzene rings is 1. The summed E-state index contributed by atoms with van der Waals surface area (Å²) in [5.74, 6) is 0.404. The number of alkyl halides is 3. The number of rotatable bonds is 2. The molecule has 7 heteroatoms. The van der Waals surface area contributed by atoms with Crippen molar-refractivity contribution in [2.75, 3.05) is 11.1 Å². The number of nitrogens with two attached hydrogens (primary N) is 1. The number of pyridine rings is 1. The first-order valence-electron chi connectivity index (χ1n) is 5.21. The monoisotopic (exact) mass is 287 g/mol. The lowest BCUT2D eigenvalue weighted by Crippen LogP contribution is -2.05. The second-order valence-corrected chi connectivity index (χ2v) is 4.20. The van der Waals surface area contributed by atoms with Crippen LogP contribution in [0.15, 0.2) is 36.5 Å². The summed E-state index contributed by atoms with van der Waals surface area (Å²) < 4.78 is 37.4. The predicted octanol–water partition coefficient (Wildman–Crippen LogP) is 4.08. The van der Waals surface area contributed by atoms with Gasteiger partial charge in [-0.2, -0.15) is 13.2 Å². The van der Waals surface area contributed by atoms with Crippen molar-refractivity contribution in [2.24, 2.45) is 0 Å². The Hall–Kier alpha value is -1.95. The van der Waals surface area contributed by atoms with Gasteiger partial charge in [0.05, 0.1) is 16.3 Å². The molecule has 0 saturated heterocycles. The van der Waals surface area contributed by atoms with Gasteiger partial charge in [-0.1, -0.05) is 11.6 Å². The maximum Gasteiger partial charge on any atom is 0.416 e. The smallest absolute Gasteiger partial charge is 0.399 e. The number of nitrogen functional groups attached to an aromatic ring is 1. The first kappa shape index (κ1) is 13.5. The van der Waals surface area contributed by atoms with Crippen molar-refractivity contribution in [3.63, 3.8) is 0 Å². The van der Waals surface area contributed by atoms with E-state index in [1.54, 1.807) is 12.1 Å². The third-order valence-corrected chi connectivity index (χ3v) is 2.66. The Kier molecular flexibility index (Phi) is 3.53. The summed E-state index contributed by atoms with van der Waals surface area (Å²) in [7, 11) is 0. The third-order valence-electron chi connectivity index (χ3n) is 2.34. The number of hydrogen-bond acceptors (Lipinski definition) is 3. The summed E-state index contributed by atoms with van der Waals surface area (Å²) in [6.07, 6.45) is -2.94. The van der Waals surface area contributed by atoms with Gasteiger partial charge in [-0.3, -0.25) is 0 Å². The van der Waals surface area contributed by atoms with Gasteiger partial charge in [0, 0.05) is 18.0 Å². The second-order valence-electron chi connectivity index (χ2n) is 3.79. The maximum absolute atomic E-state index is 12.5. The summed E-state index contributed by atoms with van der Waals surface area (Å²) in [5.41, 5.74) is 5.58. The molecule has 19 heavy (non-hydrogen) atoms. The van der Waals surface area contributed by atoms with E-state index in [0.29, 0.717) is 17.2 Å². The molecule has 0 amide bonds. The van der Waals surface area contributed by atoms with Crippen LogP contribution in [-0.2, 0) is 6.18 Å². The highest BCUT2D eigenvalue weighted by atomic mass is 35.5. The molecule has 2 aromatic rings. The van der Waals surface area contributed by atoms with Crippen LogP contribution in [0.1, 0.15) is 5.56 Å². The molecule has 100 valence electrons. The van der Waals surface area contributed by atoms with Crippen LogP contribution in [-0.4, -0.2) is 4.98 Å². The molecule has 0 aliphatic heterocycles. The molecule has 0 bridgehead atoms. The largest absolute Gasteiger partial charge is 0.416 e. The normalized spacial score (nSPS) is 11.4. The van der Waals surface area contributed by atoms with Crippen LogP contribution in [0.4, 0.5) is 30.4 Å². The lowest BCUT2D eigenvalue weighted by Gasteiger charge is -2.11. The average Bonchev–Trinajstić information content (AvgIpc) is 2.30. The number of anilines is 3. The van der Waals surface area contributed by atoms with Crippen LogP contribution in [0.5, 0.6) is 0 Å². The summed E-state index contributed by atoms with van der Waals surface area (Å²) in [6.45, 7) is 0. The molecule has 0 spiro atoms. The third kappa shape index (κ3) is 3.29. The highest BCUT2D eigenvalue weighted by Crippen LogP contribution is 2.34. The van der Waals surface area contributed by atoms with Crippen molar-refractivity contribution in [1.29, 1.82) is 0 Å². The van der Waals surface area contributed by atoms with E-state index in [1.165, 1.54) is 12.3 Å². The Morgan fingerprint density at radius 3 is 2.47 bits per heavy atom. The molecule has 0 fully saturated rings. The molecule has 2 rings (SSSR count). The molecule has 1 aromatic carbocycles. The van der Waals surface area contributed by atoms with Crippen LogP contribution in [0.2, 0.25) is 5.02 Å². The maximum atomic E-state index is 12.5. The fraction of sp³-hybridized carbons (Fsp3) is 0.0833. The van der Waals surface area contributed by atoms with E-state index in [0.717, 1.165) is 12.1 Å². The molecule has 3 N–H and O–H groups in total. The molecule has 0 radical (unpaired) electrons. The van der Waals surface area contributed by atoms with Gasteiger partial charge in [-0.15, -0.1) is 0 Å². The van der Waals surface area contributed by atoms with Crippen molar-refractivity contribution < 1.29 is 13.2 Å². The zero-order valence-electron chi connectivity index (χ0n) is 9.50. The van der Waals surface area contributed by atoms with E-state index in [-0.39, 0.29) is 5.02 Å². The van der Waals surface area contributed by atoms with E-state index in [2.05, 4.69) is 10.3 Å². The molecule has 0 atom stereocenters. The molecular weight excluding hydrogens is 279 g/mol. The van der Waals surface area contributed by atoms with E-state index in [9.17, 15) is 13.2 Å². The summed E-state index contributed by atoms with van der Waals surface area (Å²) in [5, 5.41) is 2.76. The first-order valence-corrected chi connectivity index (χ1v) is 5.59. The van der Waals surface area contributed by atoms with Gasteiger partial charge < -0.3 is 11.1 Å². The minimum absolute atomic E-state index is 0.0425. The minimum Gasteiger partial charge on any atom is -0.399 e. The quantitative estimate of drug-likeness (QED) is 0.875. The number of halogens is 4. The SMILES string of the molecule is Nc1ccnc(Nc2ccc(C(F)(F)F)cc2Cl)c1. The van der Waals surface area contributed by atoms with Crippen LogP contribution < -0.4 is 11.1 Å². The molecule has 1 aromatic heterocycles. The van der Waals surface area contributed by atoms with Crippen LogP contribution in [0.3, 0.4) is 0 Å². The van der Waals surface area contributed by atoms with E-state index in [1.807, 2.05) is 0 Å². The molecule has 0 unspecified atom stereocenters. The first-order chi connectivity index (χ1) is 8.86. The Morgan fingerprint density at radius 2 is 1.89 bits per heavy atom. The van der Waals surface area contributed by atoms with Crippen LogP contribution in [0, 0.1) is 0 Å². The molecule has 0 aliphatic carbocycles. The van der Waals surface area contributed by atoms with Gasteiger partial charge >= 0.3 is 6.18 Å². The zero-order valence-corrected chi connectivity index (χ0v) is 10.3. The van der Waals surface area contributed by atoms with Crippen LogP contribution >= 0.6 is 11.6 Å². The van der Waals surface area contributed by atoms with Gasteiger partial charge in [-0.25, -0.2) is 4.98 Å². The molecule has 0 saturated carbocycles. The highest BCUT2D eigenvalue weighted by molar-refractivity contribution is 6.33. The Labute approximate surface area is 112 Å². The lowest BCUT2D eigenvalue weighted by molar-refractivity contribution is -0.137. The summed E-state index contributed by atoms with van der Waals surface area (Å²) in [6, 6.07) is 6.19. The van der Waals surface area contributed by atoms with Crippen molar-refractivity contribution in [3.05, 3.63) is 47.1 Å². The summed E-state index contributed by atoms with van der Waals surface area (Å²) in [4.78, 5) is 3.98. The van der Waals surface area contributed by atoms with Crippen molar-refractivity contribution >= 4 is 28.8 Å². The zero-order chi connectivity index (χ0) is 14.0.